The van der Waals surface area contributed by atoms with Crippen LogP contribution in [0.25, 0.3) is 0 Å². The zero-order valence-electron chi connectivity index (χ0n) is 27.8. The first-order valence-electron chi connectivity index (χ1n) is 16.6. The third-order valence-corrected chi connectivity index (χ3v) is 18.2. The van der Waals surface area contributed by atoms with Gasteiger partial charge in [0.2, 0.25) is 0 Å². The van der Waals surface area contributed by atoms with Crippen molar-refractivity contribution in [3.8, 4) is 0 Å². The van der Waals surface area contributed by atoms with Gasteiger partial charge >= 0.3 is 8.80 Å². The van der Waals surface area contributed by atoms with Crippen LogP contribution in [0.3, 0.4) is 0 Å². The lowest BCUT2D eigenvalue weighted by Crippen LogP contribution is -2.43. The van der Waals surface area contributed by atoms with Crippen molar-refractivity contribution in [3.63, 3.8) is 0 Å². The maximum absolute atomic E-state index is 5.58. The molecule has 0 aromatic heterocycles. The summed E-state index contributed by atoms with van der Waals surface area (Å²) >= 11 is 0. The maximum Gasteiger partial charge on any atom is 0.500 e. The van der Waals surface area contributed by atoms with Crippen LogP contribution in [0, 0.1) is 0 Å². The molecule has 0 aromatic carbocycles. The summed E-state index contributed by atoms with van der Waals surface area (Å²) < 4.78 is 16.7. The molecule has 0 atom stereocenters. The van der Waals surface area contributed by atoms with E-state index in [9.17, 15) is 0 Å². The third-order valence-electron chi connectivity index (χ3n) is 8.51. The Bertz CT molecular complexity index is 522. The summed E-state index contributed by atoms with van der Waals surface area (Å²) in [7, 11) is 0.674. The predicted molar refractivity (Wildman–Crippen MR) is 177 cm³/mol. The van der Waals surface area contributed by atoms with Gasteiger partial charge in [-0.25, -0.2) is 9.78 Å². The van der Waals surface area contributed by atoms with Gasteiger partial charge in [0.1, 0.15) is 0 Å². The van der Waals surface area contributed by atoms with Gasteiger partial charge in [0, 0.05) is 43.5 Å². The highest BCUT2D eigenvalue weighted by Crippen LogP contribution is 2.27. The molecule has 0 spiro atoms. The zero-order chi connectivity index (χ0) is 29.3. The topological polar surface area (TPSA) is 46.2 Å². The summed E-state index contributed by atoms with van der Waals surface area (Å²) in [5.74, 6) is 0. The Kier molecular flexibility index (Phi) is 25.3. The first-order chi connectivity index (χ1) is 18.7. The van der Waals surface area contributed by atoms with Crippen LogP contribution in [-0.4, -0.2) is 59.5 Å². The van der Waals surface area contributed by atoms with Crippen molar-refractivity contribution >= 4 is 25.0 Å². The van der Waals surface area contributed by atoms with E-state index < -0.39 is 25.0 Å². The molecule has 0 heterocycles. The van der Waals surface area contributed by atoms with Gasteiger partial charge in [-0.2, -0.15) is 0 Å². The van der Waals surface area contributed by atoms with Crippen molar-refractivity contribution in [2.24, 2.45) is 0 Å². The molecular weight excluding hydrogens is 537 g/mol. The van der Waals surface area contributed by atoms with E-state index in [-0.39, 0.29) is 0 Å². The number of rotatable bonds is 30. The zero-order valence-corrected chi connectivity index (χ0v) is 30.8. The lowest BCUT2D eigenvalue weighted by Gasteiger charge is -2.27. The molecule has 5 nitrogen and oxygen atoms in total. The molecule has 0 bridgehead atoms. The molecule has 0 N–H and O–H groups in total. The standard InChI is InChI=1S/C31H70O5Si3/c1-9-35-36-26-21-17-13-11-10-12-14-18-22-27-37(5,6)28-23-19-15-16-20-24-29-38(7,8)30-25-31-39(32-2,33-3)34-4/h9-31H2,1-8H3. The van der Waals surface area contributed by atoms with E-state index >= 15 is 0 Å². The van der Waals surface area contributed by atoms with Gasteiger partial charge in [-0.3, -0.25) is 0 Å². The van der Waals surface area contributed by atoms with Crippen LogP contribution >= 0.6 is 0 Å². The number of unbranched alkanes of at least 4 members (excludes halogenated alkanes) is 13. The Morgan fingerprint density at radius 3 is 1.08 bits per heavy atom. The van der Waals surface area contributed by atoms with Crippen LogP contribution in [0.1, 0.15) is 110 Å². The molecule has 0 aromatic rings. The summed E-state index contributed by atoms with van der Waals surface area (Å²) in [5, 5.41) is 0. The largest absolute Gasteiger partial charge is 0.500 e. The molecule has 0 saturated carbocycles. The fraction of sp³-hybridized carbons (Fsp3) is 1.00. The Morgan fingerprint density at radius 1 is 0.385 bits per heavy atom. The highest BCUT2D eigenvalue weighted by atomic mass is 28.4. The van der Waals surface area contributed by atoms with E-state index in [4.69, 9.17) is 23.1 Å². The van der Waals surface area contributed by atoms with Crippen molar-refractivity contribution in [3.05, 3.63) is 0 Å². The number of hydrogen-bond donors (Lipinski definition) is 0. The molecule has 0 aliphatic carbocycles. The van der Waals surface area contributed by atoms with Crippen molar-refractivity contribution < 1.29 is 23.1 Å². The van der Waals surface area contributed by atoms with E-state index in [1.807, 2.05) is 6.92 Å². The lowest BCUT2D eigenvalue weighted by atomic mass is 10.1. The van der Waals surface area contributed by atoms with Gasteiger partial charge in [-0.1, -0.05) is 147 Å². The van der Waals surface area contributed by atoms with Gasteiger partial charge in [0.25, 0.3) is 0 Å². The molecule has 0 unspecified atom stereocenters. The Labute approximate surface area is 248 Å². The molecule has 0 amide bonds. The monoisotopic (exact) mass is 606 g/mol. The van der Waals surface area contributed by atoms with Crippen molar-refractivity contribution in [2.45, 2.75) is 166 Å². The molecule has 0 fully saturated rings. The van der Waals surface area contributed by atoms with Crippen LogP contribution < -0.4 is 0 Å². The smallest absolute Gasteiger partial charge is 0.377 e. The van der Waals surface area contributed by atoms with Crippen LogP contribution in [0.4, 0.5) is 0 Å². The molecule has 0 rings (SSSR count). The summed E-state index contributed by atoms with van der Waals surface area (Å²) in [6.07, 6.45) is 22.1. The van der Waals surface area contributed by atoms with Crippen molar-refractivity contribution in [1.29, 1.82) is 0 Å². The van der Waals surface area contributed by atoms with Crippen molar-refractivity contribution in [1.82, 2.24) is 0 Å². The first kappa shape index (κ1) is 39.5. The summed E-state index contributed by atoms with van der Waals surface area (Å²) in [6, 6.07) is 6.83. The van der Waals surface area contributed by atoms with E-state index in [1.165, 1.54) is 120 Å². The van der Waals surface area contributed by atoms with Crippen LogP contribution in [0.15, 0.2) is 0 Å². The second kappa shape index (κ2) is 25.0. The Morgan fingerprint density at radius 2 is 0.718 bits per heavy atom. The Balaban J connectivity index is 3.62. The van der Waals surface area contributed by atoms with E-state index in [0.29, 0.717) is 6.61 Å². The van der Waals surface area contributed by atoms with Crippen LogP contribution in [0.5, 0.6) is 0 Å². The molecule has 39 heavy (non-hydrogen) atoms. The molecule has 8 heteroatoms. The van der Waals surface area contributed by atoms with Crippen molar-refractivity contribution in [2.75, 3.05) is 34.5 Å². The van der Waals surface area contributed by atoms with Crippen LogP contribution in [-0.2, 0) is 23.1 Å². The molecule has 0 aliphatic heterocycles. The highest BCUT2D eigenvalue weighted by molar-refractivity contribution is 6.77. The van der Waals surface area contributed by atoms with E-state index in [1.54, 1.807) is 21.3 Å². The molecule has 0 aliphatic rings. The van der Waals surface area contributed by atoms with Gasteiger partial charge in [-0.15, -0.1) is 0 Å². The molecular formula is C31H70O5Si3. The summed E-state index contributed by atoms with van der Waals surface area (Å²) in [5.41, 5.74) is 0. The van der Waals surface area contributed by atoms with E-state index in [0.717, 1.165) is 19.1 Å². The average Bonchev–Trinajstić information content (AvgIpc) is 2.91. The van der Waals surface area contributed by atoms with Crippen LogP contribution in [0.2, 0.25) is 56.4 Å². The van der Waals surface area contributed by atoms with Gasteiger partial charge in [-0.05, 0) is 13.3 Å². The molecule has 0 radical (unpaired) electrons. The SMILES string of the molecule is CCOOCCCCCCCCCCC[Si](C)(C)CCCCCCCC[Si](C)(C)CCC[Si](OC)(OC)OC. The minimum atomic E-state index is -2.39. The highest BCUT2D eigenvalue weighted by Gasteiger charge is 2.37. The van der Waals surface area contributed by atoms with E-state index in [2.05, 4.69) is 26.2 Å². The summed E-state index contributed by atoms with van der Waals surface area (Å²) in [4.78, 5) is 9.98. The maximum atomic E-state index is 5.58. The van der Waals surface area contributed by atoms with Gasteiger partial charge in [0.15, 0.2) is 0 Å². The minimum Gasteiger partial charge on any atom is -0.377 e. The lowest BCUT2D eigenvalue weighted by molar-refractivity contribution is -0.291. The fourth-order valence-electron chi connectivity index (χ4n) is 5.65. The van der Waals surface area contributed by atoms with Gasteiger partial charge in [0.05, 0.1) is 13.2 Å². The summed E-state index contributed by atoms with van der Waals surface area (Å²) in [6.45, 7) is 13.7. The molecule has 236 valence electrons. The van der Waals surface area contributed by atoms with Gasteiger partial charge < -0.3 is 13.3 Å². The second-order valence-corrected chi connectivity index (χ2v) is 27.0. The minimum absolute atomic E-state index is 0.644. The average molecular weight is 607 g/mol. The predicted octanol–water partition coefficient (Wildman–Crippen LogP) is 10.5. The third kappa shape index (κ3) is 23.7. The normalized spacial score (nSPS) is 12.9. The fourth-order valence-corrected chi connectivity index (χ4v) is 13.0. The Hall–Kier alpha value is 0.451. The first-order valence-corrected chi connectivity index (χ1v) is 25.3. The quantitative estimate of drug-likeness (QED) is 0.0352. The number of hydrogen-bond acceptors (Lipinski definition) is 5. The molecule has 0 saturated heterocycles. The second-order valence-electron chi connectivity index (χ2n) is 13.3.